The van der Waals surface area contributed by atoms with Crippen LogP contribution in [0.15, 0.2) is 0 Å². The van der Waals surface area contributed by atoms with Crippen LogP contribution in [0.1, 0.15) is 39.5 Å². The van der Waals surface area contributed by atoms with Gasteiger partial charge in [-0.25, -0.2) is 0 Å². The molecular formula is C16H30N2O3. The highest BCUT2D eigenvalue weighted by Crippen LogP contribution is 2.36. The molecule has 2 aliphatic rings. The van der Waals surface area contributed by atoms with E-state index < -0.39 is 0 Å². The number of hydrogen-bond donors (Lipinski definition) is 0. The van der Waals surface area contributed by atoms with Crippen molar-refractivity contribution in [2.75, 3.05) is 46.4 Å². The highest BCUT2D eigenvalue weighted by atomic mass is 16.5. The lowest BCUT2D eigenvalue weighted by Gasteiger charge is -2.48. The quantitative estimate of drug-likeness (QED) is 0.772. The molecule has 2 fully saturated rings. The Hall–Kier alpha value is -0.650. The largest absolute Gasteiger partial charge is 0.378 e. The van der Waals surface area contributed by atoms with Crippen LogP contribution in [0.4, 0.5) is 0 Å². The average Bonchev–Trinajstić information content (AvgIpc) is 2.51. The van der Waals surface area contributed by atoms with E-state index in [9.17, 15) is 4.79 Å². The summed E-state index contributed by atoms with van der Waals surface area (Å²) < 4.78 is 11.8. The zero-order valence-electron chi connectivity index (χ0n) is 13.8. The molecule has 5 heteroatoms. The summed E-state index contributed by atoms with van der Waals surface area (Å²) >= 11 is 0. The summed E-state index contributed by atoms with van der Waals surface area (Å²) in [5.74, 6) is 0.240. The van der Waals surface area contributed by atoms with Crippen molar-refractivity contribution < 1.29 is 14.3 Å². The van der Waals surface area contributed by atoms with E-state index in [1.54, 1.807) is 7.11 Å². The number of hydrogen-bond acceptors (Lipinski definition) is 4. The van der Waals surface area contributed by atoms with Gasteiger partial charge in [-0.15, -0.1) is 0 Å². The third kappa shape index (κ3) is 3.76. The lowest BCUT2D eigenvalue weighted by Crippen LogP contribution is -2.56. The Labute approximate surface area is 128 Å². The maximum atomic E-state index is 12.2. The second-order valence-electron chi connectivity index (χ2n) is 6.12. The van der Waals surface area contributed by atoms with Gasteiger partial charge in [0.2, 0.25) is 5.91 Å². The number of likely N-dealkylation sites (N-methyl/N-ethyl adjacent to an activating group) is 1. The van der Waals surface area contributed by atoms with Crippen molar-refractivity contribution in [1.29, 1.82) is 0 Å². The molecule has 2 aliphatic heterocycles. The predicted molar refractivity (Wildman–Crippen MR) is 82.3 cm³/mol. The standard InChI is InChI=1S/C16H30N2O3/c1-4-18(5-2)15(19)13-17-10-8-16(9-11-17)14(20-3)7-6-12-21-16/h14H,4-13H2,1-3H3/t14-/m1/s1. The maximum absolute atomic E-state index is 12.2. The third-order valence-corrected chi connectivity index (χ3v) is 5.05. The maximum Gasteiger partial charge on any atom is 0.236 e. The summed E-state index contributed by atoms with van der Waals surface area (Å²) in [6, 6.07) is 0. The van der Waals surface area contributed by atoms with E-state index in [1.807, 2.05) is 18.7 Å². The summed E-state index contributed by atoms with van der Waals surface area (Å²) in [7, 11) is 1.79. The number of rotatable bonds is 5. The van der Waals surface area contributed by atoms with Crippen LogP contribution in [0.25, 0.3) is 0 Å². The van der Waals surface area contributed by atoms with Crippen LogP contribution in [0, 0.1) is 0 Å². The Balaban J connectivity index is 1.86. The fraction of sp³-hybridized carbons (Fsp3) is 0.938. The van der Waals surface area contributed by atoms with Crippen molar-refractivity contribution in [3.63, 3.8) is 0 Å². The Kier molecular flexibility index (Phi) is 6.02. The molecule has 2 heterocycles. The van der Waals surface area contributed by atoms with E-state index in [-0.39, 0.29) is 17.6 Å². The first kappa shape index (κ1) is 16.7. The molecule has 0 aromatic carbocycles. The highest BCUT2D eigenvalue weighted by molar-refractivity contribution is 5.78. The van der Waals surface area contributed by atoms with Gasteiger partial charge >= 0.3 is 0 Å². The molecule has 2 rings (SSSR count). The van der Waals surface area contributed by atoms with Crippen LogP contribution in [0.3, 0.4) is 0 Å². The zero-order valence-corrected chi connectivity index (χ0v) is 13.8. The highest BCUT2D eigenvalue weighted by Gasteiger charge is 2.44. The first-order valence-electron chi connectivity index (χ1n) is 8.32. The summed E-state index contributed by atoms with van der Waals surface area (Å²) in [5.41, 5.74) is -0.109. The van der Waals surface area contributed by atoms with Gasteiger partial charge in [-0.2, -0.15) is 0 Å². The van der Waals surface area contributed by atoms with Crippen molar-refractivity contribution in [3.05, 3.63) is 0 Å². The summed E-state index contributed by atoms with van der Waals surface area (Å²) in [4.78, 5) is 16.4. The molecule has 0 saturated carbocycles. The second-order valence-corrected chi connectivity index (χ2v) is 6.12. The van der Waals surface area contributed by atoms with Gasteiger partial charge in [0.25, 0.3) is 0 Å². The Morgan fingerprint density at radius 1 is 1.33 bits per heavy atom. The summed E-state index contributed by atoms with van der Waals surface area (Å²) in [5, 5.41) is 0. The first-order chi connectivity index (χ1) is 10.1. The topological polar surface area (TPSA) is 42.0 Å². The SMILES string of the molecule is CCN(CC)C(=O)CN1CCC2(CC1)OCCC[C@H]2OC. The molecule has 2 saturated heterocycles. The minimum Gasteiger partial charge on any atom is -0.378 e. The van der Waals surface area contributed by atoms with Gasteiger partial charge in [0, 0.05) is 39.9 Å². The number of piperidine rings is 1. The normalized spacial score (nSPS) is 26.0. The Morgan fingerprint density at radius 2 is 2.00 bits per heavy atom. The molecule has 0 aromatic heterocycles. The monoisotopic (exact) mass is 298 g/mol. The van der Waals surface area contributed by atoms with Crippen molar-refractivity contribution in [2.24, 2.45) is 0 Å². The first-order valence-corrected chi connectivity index (χ1v) is 8.32. The zero-order chi connectivity index (χ0) is 15.3. The Morgan fingerprint density at radius 3 is 2.57 bits per heavy atom. The molecule has 0 aliphatic carbocycles. The van der Waals surface area contributed by atoms with Gasteiger partial charge in [-0.3, -0.25) is 9.69 Å². The van der Waals surface area contributed by atoms with Crippen LogP contribution in [-0.2, 0) is 14.3 Å². The molecule has 5 nitrogen and oxygen atoms in total. The van der Waals surface area contributed by atoms with E-state index in [2.05, 4.69) is 4.90 Å². The van der Waals surface area contributed by atoms with Gasteiger partial charge in [0.15, 0.2) is 0 Å². The molecule has 0 bridgehead atoms. The number of carbonyl (C=O) groups excluding carboxylic acids is 1. The number of methoxy groups -OCH3 is 1. The van der Waals surface area contributed by atoms with Gasteiger partial charge in [-0.05, 0) is 39.5 Å². The minimum absolute atomic E-state index is 0.109. The van der Waals surface area contributed by atoms with E-state index in [1.165, 1.54) is 0 Å². The number of ether oxygens (including phenoxy) is 2. The predicted octanol–water partition coefficient (Wildman–Crippen LogP) is 1.51. The van der Waals surface area contributed by atoms with Crippen molar-refractivity contribution in [1.82, 2.24) is 9.80 Å². The van der Waals surface area contributed by atoms with E-state index in [0.717, 1.165) is 58.5 Å². The van der Waals surface area contributed by atoms with E-state index >= 15 is 0 Å². The van der Waals surface area contributed by atoms with Crippen LogP contribution in [-0.4, -0.2) is 73.9 Å². The lowest BCUT2D eigenvalue weighted by atomic mass is 9.82. The van der Waals surface area contributed by atoms with Crippen LogP contribution in [0.5, 0.6) is 0 Å². The van der Waals surface area contributed by atoms with Gasteiger partial charge in [0.05, 0.1) is 18.2 Å². The molecule has 1 atom stereocenters. The van der Waals surface area contributed by atoms with Crippen LogP contribution in [0.2, 0.25) is 0 Å². The van der Waals surface area contributed by atoms with Gasteiger partial charge in [0.1, 0.15) is 0 Å². The summed E-state index contributed by atoms with van der Waals surface area (Å²) in [6.45, 7) is 8.88. The molecule has 1 amide bonds. The van der Waals surface area contributed by atoms with Gasteiger partial charge < -0.3 is 14.4 Å². The molecule has 0 unspecified atom stereocenters. The van der Waals surface area contributed by atoms with Crippen molar-refractivity contribution in [3.8, 4) is 0 Å². The third-order valence-electron chi connectivity index (χ3n) is 5.05. The van der Waals surface area contributed by atoms with Crippen LogP contribution >= 0.6 is 0 Å². The minimum atomic E-state index is -0.109. The molecule has 0 N–H and O–H groups in total. The van der Waals surface area contributed by atoms with Gasteiger partial charge in [-0.1, -0.05) is 0 Å². The van der Waals surface area contributed by atoms with E-state index in [4.69, 9.17) is 9.47 Å². The van der Waals surface area contributed by atoms with Crippen molar-refractivity contribution >= 4 is 5.91 Å². The lowest BCUT2D eigenvalue weighted by molar-refractivity contribution is -0.186. The number of nitrogens with zero attached hydrogens (tertiary/aromatic N) is 2. The average molecular weight is 298 g/mol. The fourth-order valence-corrected chi connectivity index (χ4v) is 3.66. The molecule has 0 radical (unpaired) electrons. The van der Waals surface area contributed by atoms with E-state index in [0.29, 0.717) is 6.54 Å². The number of carbonyl (C=O) groups is 1. The van der Waals surface area contributed by atoms with Crippen LogP contribution < -0.4 is 0 Å². The fourth-order valence-electron chi connectivity index (χ4n) is 3.66. The number of likely N-dealkylation sites (tertiary alicyclic amines) is 1. The molecular weight excluding hydrogens is 268 g/mol. The molecule has 0 aromatic rings. The Bertz CT molecular complexity index is 336. The van der Waals surface area contributed by atoms with Crippen molar-refractivity contribution in [2.45, 2.75) is 51.2 Å². The molecule has 21 heavy (non-hydrogen) atoms. The number of amides is 1. The summed E-state index contributed by atoms with van der Waals surface area (Å²) in [6.07, 6.45) is 4.33. The smallest absolute Gasteiger partial charge is 0.236 e. The second kappa shape index (κ2) is 7.56. The molecule has 1 spiro atoms. The molecule has 122 valence electrons.